The summed E-state index contributed by atoms with van der Waals surface area (Å²) in [5.74, 6) is -0.506. The third kappa shape index (κ3) is 8.00. The molecule has 1 spiro atoms. The lowest BCUT2D eigenvalue weighted by Gasteiger charge is -2.44. The molecule has 0 aromatic carbocycles. The van der Waals surface area contributed by atoms with Gasteiger partial charge in [0.2, 0.25) is 0 Å². The van der Waals surface area contributed by atoms with Crippen molar-refractivity contribution in [2.24, 2.45) is 5.41 Å². The molecule has 10 nitrogen and oxygen atoms in total. The van der Waals surface area contributed by atoms with Crippen LogP contribution in [0.5, 0.6) is 0 Å². The number of esters is 2. The van der Waals surface area contributed by atoms with Crippen LogP contribution in [0.2, 0.25) is 0 Å². The predicted octanol–water partition coefficient (Wildman–Crippen LogP) is 5.00. The highest BCUT2D eigenvalue weighted by Gasteiger charge is 2.54. The average Bonchev–Trinajstić information content (AvgIpc) is 3.36. The van der Waals surface area contributed by atoms with Crippen molar-refractivity contribution in [1.29, 1.82) is 0 Å². The molecule has 3 fully saturated rings. The lowest BCUT2D eigenvalue weighted by molar-refractivity contribution is -0.154. The molecule has 1 aromatic heterocycles. The van der Waals surface area contributed by atoms with Crippen LogP contribution >= 0.6 is 11.3 Å². The third-order valence-corrected chi connectivity index (χ3v) is 9.05. The number of thiophene rings is 1. The maximum Gasteiger partial charge on any atom is 0.412 e. The highest BCUT2D eigenvalue weighted by molar-refractivity contribution is 7.16. The number of nitrogens with one attached hydrogen (secondary N) is 1. The Labute approximate surface area is 247 Å². The number of nitrogens with zero attached hydrogens (tertiary/aromatic N) is 2. The van der Waals surface area contributed by atoms with Crippen LogP contribution in [0.3, 0.4) is 0 Å². The number of likely N-dealkylation sites (tertiary alicyclic amines) is 2. The molecule has 0 aliphatic carbocycles. The number of carbonyl (C=O) groups is 4. The van der Waals surface area contributed by atoms with Crippen molar-refractivity contribution >= 4 is 40.3 Å². The monoisotopic (exact) mass is 591 g/mol. The van der Waals surface area contributed by atoms with Gasteiger partial charge in [0.25, 0.3) is 5.91 Å². The van der Waals surface area contributed by atoms with E-state index in [9.17, 15) is 19.2 Å². The maximum atomic E-state index is 13.7. The minimum absolute atomic E-state index is 0.0639. The fourth-order valence-corrected chi connectivity index (χ4v) is 7.43. The summed E-state index contributed by atoms with van der Waals surface area (Å²) in [6, 6.07) is 2.15. The maximum absolute atomic E-state index is 13.7. The molecule has 3 saturated heterocycles. The summed E-state index contributed by atoms with van der Waals surface area (Å²) in [5.41, 5.74) is -1.05. The van der Waals surface area contributed by atoms with Crippen molar-refractivity contribution < 1.29 is 33.4 Å². The molecule has 41 heavy (non-hydrogen) atoms. The molecule has 1 N–H and O–H groups in total. The lowest BCUT2D eigenvalue weighted by Crippen LogP contribution is -2.53. The SMILES string of the molecule is CC(=O)OCCCc1cc(C(=O)N2CCC(N3CCCC4(C3)CC(C)(C)OC4=O)CC2)c(NC(=O)OC(C)(C)C)s1. The second-order valence-electron chi connectivity index (χ2n) is 13.2. The van der Waals surface area contributed by atoms with E-state index in [1.807, 2.05) is 24.8 Å². The van der Waals surface area contributed by atoms with E-state index in [-0.39, 0.29) is 17.8 Å². The smallest absolute Gasteiger partial charge is 0.412 e. The van der Waals surface area contributed by atoms with Crippen LogP contribution in [0.25, 0.3) is 0 Å². The summed E-state index contributed by atoms with van der Waals surface area (Å²) in [5, 5.41) is 3.25. The van der Waals surface area contributed by atoms with Gasteiger partial charge in [-0.1, -0.05) is 0 Å². The molecule has 1 atom stereocenters. The van der Waals surface area contributed by atoms with Crippen LogP contribution in [-0.2, 0) is 30.2 Å². The quantitative estimate of drug-likeness (QED) is 0.268. The van der Waals surface area contributed by atoms with Crippen LogP contribution in [0.1, 0.15) is 95.3 Å². The van der Waals surface area contributed by atoms with Crippen LogP contribution in [0.15, 0.2) is 6.07 Å². The largest absolute Gasteiger partial charge is 0.466 e. The molecule has 0 radical (unpaired) electrons. The first-order valence-corrected chi connectivity index (χ1v) is 15.5. The molecule has 228 valence electrons. The summed E-state index contributed by atoms with van der Waals surface area (Å²) in [7, 11) is 0. The van der Waals surface area contributed by atoms with Gasteiger partial charge in [-0.3, -0.25) is 24.6 Å². The van der Waals surface area contributed by atoms with Crippen molar-refractivity contribution in [2.45, 2.75) is 104 Å². The zero-order chi connectivity index (χ0) is 30.0. The molecule has 3 aliphatic rings. The van der Waals surface area contributed by atoms with E-state index in [0.717, 1.165) is 50.1 Å². The predicted molar refractivity (Wildman–Crippen MR) is 156 cm³/mol. The standard InChI is InChI=1S/C30H45N3O7S/c1-20(34)38-16-7-9-22-17-23(24(41-22)31-27(37)40-28(2,3)4)25(35)32-14-10-21(11-15-32)33-13-8-12-30(19-33)18-29(5,6)39-26(30)36/h17,21H,7-16,18-19H2,1-6H3,(H,31,37). The van der Waals surface area contributed by atoms with Gasteiger partial charge in [0.15, 0.2) is 0 Å². The van der Waals surface area contributed by atoms with Crippen molar-refractivity contribution in [1.82, 2.24) is 9.80 Å². The molecule has 2 amide bonds. The first kappa shape index (κ1) is 31.3. The summed E-state index contributed by atoms with van der Waals surface area (Å²) >= 11 is 1.35. The number of aryl methyl sites for hydroxylation is 1. The molecule has 4 heterocycles. The van der Waals surface area contributed by atoms with E-state index in [1.54, 1.807) is 20.8 Å². The second kappa shape index (κ2) is 12.3. The van der Waals surface area contributed by atoms with E-state index >= 15 is 0 Å². The molecule has 1 aromatic rings. The number of carbonyl (C=O) groups excluding carboxylic acids is 4. The Bertz CT molecular complexity index is 1150. The fourth-order valence-electron chi connectivity index (χ4n) is 6.35. The van der Waals surface area contributed by atoms with Gasteiger partial charge in [0, 0.05) is 43.9 Å². The Kier molecular flexibility index (Phi) is 9.38. The number of piperidine rings is 2. The van der Waals surface area contributed by atoms with Gasteiger partial charge in [0.05, 0.1) is 17.6 Å². The normalized spacial score (nSPS) is 23.4. The zero-order valence-electron chi connectivity index (χ0n) is 25.3. The summed E-state index contributed by atoms with van der Waals surface area (Å²) in [6.07, 6.45) is 4.88. The molecular weight excluding hydrogens is 546 g/mol. The van der Waals surface area contributed by atoms with Crippen LogP contribution in [-0.4, -0.2) is 83.8 Å². The highest BCUT2D eigenvalue weighted by atomic mass is 32.1. The number of rotatable bonds is 7. The number of hydrogen-bond donors (Lipinski definition) is 1. The van der Waals surface area contributed by atoms with E-state index in [4.69, 9.17) is 14.2 Å². The number of cyclic esters (lactones) is 1. The Morgan fingerprint density at radius 2 is 1.88 bits per heavy atom. The van der Waals surface area contributed by atoms with Gasteiger partial charge in [-0.25, -0.2) is 4.79 Å². The van der Waals surface area contributed by atoms with Gasteiger partial charge >= 0.3 is 18.0 Å². The average molecular weight is 592 g/mol. The minimum Gasteiger partial charge on any atom is -0.466 e. The van der Waals surface area contributed by atoms with Gasteiger partial charge in [-0.2, -0.15) is 0 Å². The molecule has 4 rings (SSSR count). The molecule has 11 heteroatoms. The first-order chi connectivity index (χ1) is 19.2. The van der Waals surface area contributed by atoms with E-state index in [0.29, 0.717) is 49.1 Å². The lowest BCUT2D eigenvalue weighted by atomic mass is 9.74. The second-order valence-corrected chi connectivity index (χ2v) is 14.4. The topological polar surface area (TPSA) is 114 Å². The van der Waals surface area contributed by atoms with Crippen molar-refractivity contribution in [3.05, 3.63) is 16.5 Å². The summed E-state index contributed by atoms with van der Waals surface area (Å²) < 4.78 is 16.2. The number of ether oxygens (including phenoxy) is 3. The molecule has 1 unspecified atom stereocenters. The van der Waals surface area contributed by atoms with Crippen LogP contribution in [0, 0.1) is 5.41 Å². The fraction of sp³-hybridized carbons (Fsp3) is 0.733. The van der Waals surface area contributed by atoms with Crippen molar-refractivity contribution in [3.63, 3.8) is 0 Å². The number of anilines is 1. The van der Waals surface area contributed by atoms with Gasteiger partial charge in [-0.05, 0) is 85.8 Å². The van der Waals surface area contributed by atoms with Gasteiger partial charge in [-0.15, -0.1) is 11.3 Å². The highest BCUT2D eigenvalue weighted by Crippen LogP contribution is 2.46. The number of amides is 2. The summed E-state index contributed by atoms with van der Waals surface area (Å²) in [6.45, 7) is 13.9. The molecular formula is C30H45N3O7S. The van der Waals surface area contributed by atoms with Crippen LogP contribution in [0.4, 0.5) is 9.80 Å². The molecule has 3 aliphatic heterocycles. The Morgan fingerprint density at radius 3 is 2.49 bits per heavy atom. The molecule has 0 bridgehead atoms. The summed E-state index contributed by atoms with van der Waals surface area (Å²) in [4.78, 5) is 55.4. The van der Waals surface area contributed by atoms with Crippen molar-refractivity contribution in [2.75, 3.05) is 38.1 Å². The van der Waals surface area contributed by atoms with Crippen molar-refractivity contribution in [3.8, 4) is 0 Å². The first-order valence-electron chi connectivity index (χ1n) is 14.7. The Morgan fingerprint density at radius 1 is 1.17 bits per heavy atom. The third-order valence-electron chi connectivity index (χ3n) is 7.94. The van der Waals surface area contributed by atoms with E-state index in [1.165, 1.54) is 18.3 Å². The molecule has 0 saturated carbocycles. The van der Waals surface area contributed by atoms with Gasteiger partial charge < -0.3 is 19.1 Å². The van der Waals surface area contributed by atoms with Crippen LogP contribution < -0.4 is 5.32 Å². The minimum atomic E-state index is -0.668. The Balaban J connectivity index is 1.40. The number of hydrogen-bond acceptors (Lipinski definition) is 9. The van der Waals surface area contributed by atoms with Gasteiger partial charge in [0.1, 0.15) is 16.2 Å². The zero-order valence-corrected chi connectivity index (χ0v) is 26.1. The van der Waals surface area contributed by atoms with E-state index < -0.39 is 22.7 Å². The van der Waals surface area contributed by atoms with E-state index in [2.05, 4.69) is 10.2 Å². The Hall–Kier alpha value is -2.66.